The summed E-state index contributed by atoms with van der Waals surface area (Å²) >= 11 is 7.55. The molecule has 0 aromatic carbocycles. The van der Waals surface area contributed by atoms with Crippen LogP contribution in [-0.2, 0) is 0 Å². The highest BCUT2D eigenvalue weighted by Crippen LogP contribution is 2.32. The first-order valence-electron chi connectivity index (χ1n) is 5.25. The Hall–Kier alpha value is -0.770. The lowest BCUT2D eigenvalue weighted by molar-refractivity contribution is 0.452. The van der Waals surface area contributed by atoms with Crippen molar-refractivity contribution in [1.29, 1.82) is 0 Å². The number of rotatable bonds is 4. The average Bonchev–Trinajstić information content (AvgIpc) is 2.84. The van der Waals surface area contributed by atoms with E-state index in [1.165, 1.54) is 4.88 Å². The van der Waals surface area contributed by atoms with E-state index in [9.17, 15) is 0 Å². The zero-order valence-corrected chi connectivity index (χ0v) is 10.9. The van der Waals surface area contributed by atoms with Crippen LogP contribution in [0.5, 0.6) is 0 Å². The molecule has 0 aliphatic heterocycles. The molecule has 0 fully saturated rings. The van der Waals surface area contributed by atoms with Gasteiger partial charge in [-0.2, -0.15) is 0 Å². The Bertz CT molecular complexity index is 463. The van der Waals surface area contributed by atoms with Crippen molar-refractivity contribution in [2.24, 2.45) is 0 Å². The van der Waals surface area contributed by atoms with E-state index in [0.29, 0.717) is 0 Å². The molecule has 0 saturated heterocycles. The van der Waals surface area contributed by atoms with Gasteiger partial charge < -0.3 is 9.73 Å². The molecular weight excluding hydrogens is 242 g/mol. The number of halogens is 1. The van der Waals surface area contributed by atoms with Gasteiger partial charge in [0.2, 0.25) is 0 Å². The Labute approximate surface area is 104 Å². The van der Waals surface area contributed by atoms with Crippen LogP contribution in [0.4, 0.5) is 0 Å². The van der Waals surface area contributed by atoms with Gasteiger partial charge in [0, 0.05) is 4.88 Å². The topological polar surface area (TPSA) is 25.2 Å². The molecule has 2 heterocycles. The summed E-state index contributed by atoms with van der Waals surface area (Å²) in [5, 5.41) is 3.41. The summed E-state index contributed by atoms with van der Waals surface area (Å²) < 4.78 is 6.35. The van der Waals surface area contributed by atoms with Gasteiger partial charge in [0.1, 0.15) is 11.8 Å². The molecule has 2 aromatic rings. The Morgan fingerprint density at radius 2 is 2.25 bits per heavy atom. The summed E-state index contributed by atoms with van der Waals surface area (Å²) in [7, 11) is 0. The zero-order chi connectivity index (χ0) is 11.5. The predicted molar refractivity (Wildman–Crippen MR) is 68.3 cm³/mol. The molecule has 0 spiro atoms. The van der Waals surface area contributed by atoms with Crippen LogP contribution >= 0.6 is 22.9 Å². The summed E-state index contributed by atoms with van der Waals surface area (Å²) in [5.74, 6) is 0.973. The molecule has 0 bridgehead atoms. The molecule has 16 heavy (non-hydrogen) atoms. The molecule has 86 valence electrons. The molecule has 1 unspecified atom stereocenters. The van der Waals surface area contributed by atoms with E-state index in [1.807, 2.05) is 18.2 Å². The van der Waals surface area contributed by atoms with Crippen LogP contribution in [0.25, 0.3) is 0 Å². The zero-order valence-electron chi connectivity index (χ0n) is 9.29. The highest BCUT2D eigenvalue weighted by Gasteiger charge is 2.19. The van der Waals surface area contributed by atoms with E-state index < -0.39 is 0 Å². The van der Waals surface area contributed by atoms with E-state index >= 15 is 0 Å². The van der Waals surface area contributed by atoms with Crippen LogP contribution in [0.15, 0.2) is 28.9 Å². The summed E-state index contributed by atoms with van der Waals surface area (Å²) in [6, 6.07) is 6.05. The fourth-order valence-corrected chi connectivity index (χ4v) is 2.83. The van der Waals surface area contributed by atoms with E-state index in [2.05, 4.69) is 19.2 Å². The van der Waals surface area contributed by atoms with Crippen molar-refractivity contribution in [3.8, 4) is 0 Å². The molecule has 0 radical (unpaired) electrons. The van der Waals surface area contributed by atoms with E-state index in [1.54, 1.807) is 17.6 Å². The number of hydrogen-bond donors (Lipinski definition) is 1. The van der Waals surface area contributed by atoms with Gasteiger partial charge in [-0.15, -0.1) is 11.3 Å². The minimum absolute atomic E-state index is 0.109. The van der Waals surface area contributed by atoms with Gasteiger partial charge in [-0.1, -0.05) is 18.5 Å². The van der Waals surface area contributed by atoms with Crippen LogP contribution in [0.3, 0.4) is 0 Å². The van der Waals surface area contributed by atoms with Gasteiger partial charge in [0.25, 0.3) is 0 Å². The number of furan rings is 1. The average molecular weight is 256 g/mol. The first-order chi connectivity index (χ1) is 7.72. The quantitative estimate of drug-likeness (QED) is 0.893. The molecule has 1 atom stereocenters. The van der Waals surface area contributed by atoms with Gasteiger partial charge in [0.05, 0.1) is 10.6 Å². The SMILES string of the molecule is CCNC(c1ccc(Cl)s1)c1occc1C. The predicted octanol–water partition coefficient (Wildman–Crippen LogP) is 4.00. The van der Waals surface area contributed by atoms with Gasteiger partial charge in [-0.05, 0) is 37.2 Å². The van der Waals surface area contributed by atoms with Crippen molar-refractivity contribution in [2.45, 2.75) is 19.9 Å². The Morgan fingerprint density at radius 3 is 2.75 bits per heavy atom. The standard InChI is InChI=1S/C12H14ClNOS/c1-3-14-11(9-4-5-10(13)16-9)12-8(2)6-7-15-12/h4-7,11,14H,3H2,1-2H3. The summed E-state index contributed by atoms with van der Waals surface area (Å²) in [6.45, 7) is 5.03. The van der Waals surface area contributed by atoms with Crippen LogP contribution in [0.2, 0.25) is 4.34 Å². The smallest absolute Gasteiger partial charge is 0.128 e. The van der Waals surface area contributed by atoms with Crippen molar-refractivity contribution in [3.63, 3.8) is 0 Å². The third-order valence-electron chi connectivity index (χ3n) is 2.45. The minimum Gasteiger partial charge on any atom is -0.467 e. The molecule has 0 amide bonds. The Balaban J connectivity index is 2.34. The molecule has 2 nitrogen and oxygen atoms in total. The maximum atomic E-state index is 5.97. The summed E-state index contributed by atoms with van der Waals surface area (Å²) in [4.78, 5) is 1.19. The van der Waals surface area contributed by atoms with Crippen molar-refractivity contribution in [3.05, 3.63) is 45.0 Å². The first-order valence-corrected chi connectivity index (χ1v) is 6.44. The lowest BCUT2D eigenvalue weighted by Crippen LogP contribution is -2.21. The van der Waals surface area contributed by atoms with Gasteiger partial charge in [-0.3, -0.25) is 0 Å². The van der Waals surface area contributed by atoms with Gasteiger partial charge in [-0.25, -0.2) is 0 Å². The number of thiophene rings is 1. The van der Waals surface area contributed by atoms with Gasteiger partial charge in [0.15, 0.2) is 0 Å². The highest BCUT2D eigenvalue weighted by molar-refractivity contribution is 7.16. The molecule has 0 saturated carbocycles. The molecule has 0 aliphatic rings. The van der Waals surface area contributed by atoms with E-state index in [0.717, 1.165) is 22.2 Å². The summed E-state index contributed by atoms with van der Waals surface area (Å²) in [6.07, 6.45) is 1.73. The Kier molecular flexibility index (Phi) is 3.69. The van der Waals surface area contributed by atoms with Crippen LogP contribution in [0, 0.1) is 6.92 Å². The minimum atomic E-state index is 0.109. The largest absolute Gasteiger partial charge is 0.467 e. The van der Waals surface area contributed by atoms with Crippen LogP contribution in [-0.4, -0.2) is 6.54 Å². The molecule has 1 N–H and O–H groups in total. The van der Waals surface area contributed by atoms with E-state index in [-0.39, 0.29) is 6.04 Å². The Morgan fingerprint density at radius 1 is 1.44 bits per heavy atom. The lowest BCUT2D eigenvalue weighted by Gasteiger charge is -2.14. The number of hydrogen-bond acceptors (Lipinski definition) is 3. The summed E-state index contributed by atoms with van der Waals surface area (Å²) in [5.41, 5.74) is 1.16. The van der Waals surface area contributed by atoms with Crippen LogP contribution < -0.4 is 5.32 Å². The maximum Gasteiger partial charge on any atom is 0.128 e. The molecule has 4 heteroatoms. The molecule has 0 aliphatic carbocycles. The maximum absolute atomic E-state index is 5.97. The van der Waals surface area contributed by atoms with Crippen molar-refractivity contribution in [1.82, 2.24) is 5.32 Å². The van der Waals surface area contributed by atoms with Crippen molar-refractivity contribution < 1.29 is 4.42 Å². The van der Waals surface area contributed by atoms with Gasteiger partial charge >= 0.3 is 0 Å². The third kappa shape index (κ3) is 2.32. The third-order valence-corrected chi connectivity index (χ3v) is 3.75. The molecule has 2 aromatic heterocycles. The monoisotopic (exact) mass is 255 g/mol. The number of aryl methyl sites for hydroxylation is 1. The van der Waals surface area contributed by atoms with Crippen molar-refractivity contribution >= 4 is 22.9 Å². The first kappa shape index (κ1) is 11.7. The van der Waals surface area contributed by atoms with E-state index in [4.69, 9.17) is 16.0 Å². The fraction of sp³-hybridized carbons (Fsp3) is 0.333. The molecule has 2 rings (SSSR count). The van der Waals surface area contributed by atoms with Crippen LogP contribution in [0.1, 0.15) is 29.2 Å². The lowest BCUT2D eigenvalue weighted by atomic mass is 10.1. The number of nitrogens with one attached hydrogen (secondary N) is 1. The molecular formula is C12H14ClNOS. The second-order valence-corrected chi connectivity index (χ2v) is 5.35. The second-order valence-electron chi connectivity index (χ2n) is 3.60. The van der Waals surface area contributed by atoms with Crippen molar-refractivity contribution in [2.75, 3.05) is 6.54 Å². The second kappa shape index (κ2) is 5.04. The normalized spacial score (nSPS) is 12.9. The fourth-order valence-electron chi connectivity index (χ4n) is 1.69. The highest BCUT2D eigenvalue weighted by atomic mass is 35.5.